The van der Waals surface area contributed by atoms with Crippen LogP contribution in [0.1, 0.15) is 36.8 Å². The molecule has 27 heavy (non-hydrogen) atoms. The van der Waals surface area contributed by atoms with Crippen molar-refractivity contribution in [2.75, 3.05) is 5.32 Å². The fourth-order valence-electron chi connectivity index (χ4n) is 3.29. The first-order valence-corrected chi connectivity index (χ1v) is 9.87. The molecular weight excluding hydrogens is 383 g/mol. The van der Waals surface area contributed by atoms with Gasteiger partial charge in [0.1, 0.15) is 0 Å². The fourth-order valence-corrected chi connectivity index (χ4v) is 3.61. The largest absolute Gasteiger partial charge is 0.352 e. The summed E-state index contributed by atoms with van der Waals surface area (Å²) >= 11 is 11.9. The highest BCUT2D eigenvalue weighted by Gasteiger charge is 2.22. The van der Waals surface area contributed by atoms with E-state index in [2.05, 4.69) is 10.6 Å². The Labute approximate surface area is 169 Å². The summed E-state index contributed by atoms with van der Waals surface area (Å²) in [6.45, 7) is 0.396. The lowest BCUT2D eigenvalue weighted by Gasteiger charge is -2.12. The van der Waals surface area contributed by atoms with Crippen LogP contribution in [0, 0.1) is 5.92 Å². The molecule has 1 saturated carbocycles. The highest BCUT2D eigenvalue weighted by molar-refractivity contribution is 6.42. The molecule has 0 spiro atoms. The molecule has 1 aliphatic rings. The minimum atomic E-state index is -0.103. The first-order valence-electron chi connectivity index (χ1n) is 9.11. The van der Waals surface area contributed by atoms with Crippen LogP contribution in [-0.2, 0) is 22.6 Å². The lowest BCUT2D eigenvalue weighted by atomic mass is 10.1. The third-order valence-corrected chi connectivity index (χ3v) is 5.50. The van der Waals surface area contributed by atoms with Gasteiger partial charge in [0.05, 0.1) is 16.5 Å². The molecule has 3 rings (SSSR count). The van der Waals surface area contributed by atoms with Gasteiger partial charge in [0.25, 0.3) is 0 Å². The lowest BCUT2D eigenvalue weighted by molar-refractivity contribution is -0.121. The van der Waals surface area contributed by atoms with Gasteiger partial charge >= 0.3 is 0 Å². The summed E-state index contributed by atoms with van der Waals surface area (Å²) in [6.07, 6.45) is 4.42. The molecule has 2 N–H and O–H groups in total. The van der Waals surface area contributed by atoms with Crippen molar-refractivity contribution >= 4 is 40.7 Å². The number of carbonyl (C=O) groups excluding carboxylic acids is 2. The van der Waals surface area contributed by atoms with Crippen molar-refractivity contribution in [2.24, 2.45) is 5.92 Å². The Bertz CT molecular complexity index is 833. The van der Waals surface area contributed by atoms with Gasteiger partial charge in [-0.05, 0) is 48.2 Å². The zero-order chi connectivity index (χ0) is 19.2. The van der Waals surface area contributed by atoms with Gasteiger partial charge in [-0.3, -0.25) is 9.59 Å². The van der Waals surface area contributed by atoms with Crippen molar-refractivity contribution in [3.63, 3.8) is 0 Å². The van der Waals surface area contributed by atoms with E-state index in [1.54, 1.807) is 18.2 Å². The van der Waals surface area contributed by atoms with Crippen molar-refractivity contribution in [3.8, 4) is 0 Å². The molecule has 0 atom stereocenters. The molecule has 1 fully saturated rings. The molecule has 0 saturated heterocycles. The van der Waals surface area contributed by atoms with Crippen molar-refractivity contribution in [1.82, 2.24) is 5.32 Å². The number of nitrogens with one attached hydrogen (secondary N) is 2. The van der Waals surface area contributed by atoms with Crippen LogP contribution in [0.2, 0.25) is 10.0 Å². The maximum absolute atomic E-state index is 12.2. The first-order chi connectivity index (χ1) is 13.0. The fraction of sp³-hybridized carbons (Fsp3) is 0.333. The van der Waals surface area contributed by atoms with Crippen LogP contribution in [0.25, 0.3) is 0 Å². The second-order valence-corrected chi connectivity index (χ2v) is 7.69. The molecule has 2 aromatic carbocycles. The van der Waals surface area contributed by atoms with Crippen LogP contribution >= 0.6 is 23.2 Å². The number of hydrogen-bond acceptors (Lipinski definition) is 2. The number of amides is 2. The van der Waals surface area contributed by atoms with Crippen molar-refractivity contribution in [2.45, 2.75) is 38.6 Å². The second kappa shape index (κ2) is 9.25. The Morgan fingerprint density at radius 1 is 0.963 bits per heavy atom. The topological polar surface area (TPSA) is 58.2 Å². The van der Waals surface area contributed by atoms with Gasteiger partial charge in [0, 0.05) is 18.2 Å². The molecule has 0 bridgehead atoms. The Morgan fingerprint density at radius 2 is 1.74 bits per heavy atom. The number of rotatable bonds is 6. The highest BCUT2D eigenvalue weighted by Crippen LogP contribution is 2.26. The third-order valence-electron chi connectivity index (χ3n) is 4.76. The van der Waals surface area contributed by atoms with Gasteiger partial charge in [0.2, 0.25) is 11.8 Å². The molecule has 1 aliphatic carbocycles. The number of hydrogen-bond donors (Lipinski definition) is 2. The van der Waals surface area contributed by atoms with Crippen molar-refractivity contribution in [3.05, 3.63) is 63.6 Å². The minimum absolute atomic E-state index is 0.0910. The monoisotopic (exact) mass is 404 g/mol. The van der Waals surface area contributed by atoms with E-state index in [1.165, 1.54) is 0 Å². The van der Waals surface area contributed by atoms with E-state index < -0.39 is 0 Å². The Kier molecular flexibility index (Phi) is 6.75. The Balaban J connectivity index is 1.52. The molecule has 142 valence electrons. The van der Waals surface area contributed by atoms with Crippen LogP contribution in [0.4, 0.5) is 5.69 Å². The molecule has 0 radical (unpaired) electrons. The summed E-state index contributed by atoms with van der Waals surface area (Å²) in [5.74, 6) is 0.113. The van der Waals surface area contributed by atoms with E-state index in [-0.39, 0.29) is 24.2 Å². The van der Waals surface area contributed by atoms with Crippen LogP contribution < -0.4 is 10.6 Å². The number of halogens is 2. The maximum atomic E-state index is 12.2. The molecule has 0 unspecified atom stereocenters. The van der Waals surface area contributed by atoms with Gasteiger partial charge in [-0.2, -0.15) is 0 Å². The summed E-state index contributed by atoms with van der Waals surface area (Å²) in [7, 11) is 0. The molecule has 0 aliphatic heterocycles. The second-order valence-electron chi connectivity index (χ2n) is 6.87. The number of benzene rings is 2. The van der Waals surface area contributed by atoms with E-state index >= 15 is 0 Å². The smallest absolute Gasteiger partial charge is 0.227 e. The predicted molar refractivity (Wildman–Crippen MR) is 109 cm³/mol. The normalized spacial score (nSPS) is 14.1. The third kappa shape index (κ3) is 5.72. The summed E-state index contributed by atoms with van der Waals surface area (Å²) in [5, 5.41) is 6.78. The predicted octanol–water partition coefficient (Wildman–Crippen LogP) is 4.98. The average Bonchev–Trinajstić information content (AvgIpc) is 3.18. The van der Waals surface area contributed by atoms with Crippen LogP contribution in [0.15, 0.2) is 42.5 Å². The van der Waals surface area contributed by atoms with Gasteiger partial charge in [-0.15, -0.1) is 0 Å². The summed E-state index contributed by atoms with van der Waals surface area (Å²) < 4.78 is 0. The quantitative estimate of drug-likeness (QED) is 0.712. The molecule has 2 aromatic rings. The summed E-state index contributed by atoms with van der Waals surface area (Å²) in [5.41, 5.74) is 2.50. The van der Waals surface area contributed by atoms with E-state index in [0.29, 0.717) is 16.6 Å². The van der Waals surface area contributed by atoms with E-state index in [1.807, 2.05) is 24.3 Å². The maximum Gasteiger partial charge on any atom is 0.227 e. The number of carbonyl (C=O) groups is 2. The van der Waals surface area contributed by atoms with Gasteiger partial charge in [-0.1, -0.05) is 54.2 Å². The van der Waals surface area contributed by atoms with Crippen LogP contribution in [0.5, 0.6) is 0 Å². The summed E-state index contributed by atoms with van der Waals surface area (Å²) in [6, 6.07) is 12.7. The SMILES string of the molecule is O=C(Cc1ccc(Cl)c(Cl)c1)NCc1cccc(NC(=O)C2CCCC2)c1. The first kappa shape index (κ1) is 19.7. The molecular formula is C21H22Cl2N2O2. The van der Waals surface area contributed by atoms with Gasteiger partial charge < -0.3 is 10.6 Å². The molecule has 0 heterocycles. The van der Waals surface area contributed by atoms with E-state index in [9.17, 15) is 9.59 Å². The zero-order valence-corrected chi connectivity index (χ0v) is 16.4. The Morgan fingerprint density at radius 3 is 2.48 bits per heavy atom. The van der Waals surface area contributed by atoms with Gasteiger partial charge in [0.15, 0.2) is 0 Å². The highest BCUT2D eigenvalue weighted by atomic mass is 35.5. The number of anilines is 1. The Hall–Kier alpha value is -2.04. The molecule has 6 heteroatoms. The lowest BCUT2D eigenvalue weighted by Crippen LogP contribution is -2.24. The minimum Gasteiger partial charge on any atom is -0.352 e. The summed E-state index contributed by atoms with van der Waals surface area (Å²) in [4.78, 5) is 24.4. The zero-order valence-electron chi connectivity index (χ0n) is 14.9. The van der Waals surface area contributed by atoms with E-state index in [4.69, 9.17) is 23.2 Å². The molecule has 4 nitrogen and oxygen atoms in total. The molecule has 2 amide bonds. The van der Waals surface area contributed by atoms with E-state index in [0.717, 1.165) is 42.5 Å². The van der Waals surface area contributed by atoms with Crippen molar-refractivity contribution < 1.29 is 9.59 Å². The standard InChI is InChI=1S/C21H22Cl2N2O2/c22-18-9-8-14(11-19(18)23)12-20(26)24-13-15-4-3-7-17(10-15)25-21(27)16-5-1-2-6-16/h3-4,7-11,16H,1-2,5-6,12-13H2,(H,24,26)(H,25,27). The van der Waals surface area contributed by atoms with Crippen molar-refractivity contribution in [1.29, 1.82) is 0 Å². The van der Waals surface area contributed by atoms with Gasteiger partial charge in [-0.25, -0.2) is 0 Å². The molecule has 0 aromatic heterocycles. The van der Waals surface area contributed by atoms with Crippen LogP contribution in [-0.4, -0.2) is 11.8 Å². The van der Waals surface area contributed by atoms with Crippen LogP contribution in [0.3, 0.4) is 0 Å². The average molecular weight is 405 g/mol.